The van der Waals surface area contributed by atoms with Gasteiger partial charge in [-0.05, 0) is 37.3 Å². The van der Waals surface area contributed by atoms with E-state index in [2.05, 4.69) is 10.4 Å². The van der Waals surface area contributed by atoms with E-state index in [1.807, 2.05) is 0 Å². The van der Waals surface area contributed by atoms with Gasteiger partial charge in [0, 0.05) is 24.2 Å². The maximum atomic E-state index is 12.4. The number of nitrogens with zero attached hydrogens (tertiary/aromatic N) is 3. The zero-order valence-electron chi connectivity index (χ0n) is 14.5. The third-order valence-corrected chi connectivity index (χ3v) is 3.90. The Morgan fingerprint density at radius 2 is 1.89 bits per heavy atom. The first-order valence-corrected chi connectivity index (χ1v) is 8.24. The Balaban J connectivity index is 1.89. The van der Waals surface area contributed by atoms with Gasteiger partial charge in [0.25, 0.3) is 11.6 Å². The van der Waals surface area contributed by atoms with E-state index in [1.54, 1.807) is 44.3 Å². The monoisotopic (exact) mass is 386 g/mol. The molecule has 0 saturated carbocycles. The van der Waals surface area contributed by atoms with Crippen molar-refractivity contribution in [1.29, 1.82) is 0 Å². The summed E-state index contributed by atoms with van der Waals surface area (Å²) in [4.78, 5) is 23.1. The number of ether oxygens (including phenoxy) is 1. The maximum Gasteiger partial charge on any atom is 0.275 e. The van der Waals surface area contributed by atoms with Crippen molar-refractivity contribution < 1.29 is 14.5 Å². The molecular weight excluding hydrogens is 372 g/mol. The number of carbonyl (C=O) groups is 1. The van der Waals surface area contributed by atoms with Crippen LogP contribution in [-0.2, 0) is 7.05 Å². The van der Waals surface area contributed by atoms with Crippen LogP contribution < -0.4 is 10.1 Å². The lowest BCUT2D eigenvalue weighted by molar-refractivity contribution is -0.384. The van der Waals surface area contributed by atoms with E-state index in [9.17, 15) is 14.9 Å². The van der Waals surface area contributed by atoms with E-state index in [0.29, 0.717) is 22.2 Å². The highest BCUT2D eigenvalue weighted by atomic mass is 35.5. The average Bonchev–Trinajstić information content (AvgIpc) is 2.95. The van der Waals surface area contributed by atoms with Gasteiger partial charge in [0.05, 0.1) is 22.4 Å². The Bertz CT molecular complexity index is 1010. The molecule has 0 atom stereocenters. The molecule has 9 heteroatoms. The standard InChI is InChI=1S/C18H15ClN4O4/c1-11-7-17(22(2)21-11)18(24)20-13-8-14(23(25)26)10-16(9-13)27-15-5-3-12(19)4-6-15/h3-10H,1-2H3,(H,20,24). The minimum Gasteiger partial charge on any atom is -0.457 e. The van der Waals surface area contributed by atoms with E-state index >= 15 is 0 Å². The van der Waals surface area contributed by atoms with Gasteiger partial charge in [-0.15, -0.1) is 0 Å². The SMILES string of the molecule is Cc1cc(C(=O)Nc2cc(Oc3ccc(Cl)cc3)cc([N+](=O)[O-])c2)n(C)n1. The van der Waals surface area contributed by atoms with Crippen LogP contribution in [0.1, 0.15) is 16.2 Å². The van der Waals surface area contributed by atoms with Crippen molar-refractivity contribution in [2.24, 2.45) is 7.05 Å². The fraction of sp³-hybridized carbons (Fsp3) is 0.111. The molecule has 0 bridgehead atoms. The van der Waals surface area contributed by atoms with Crippen LogP contribution in [0.5, 0.6) is 11.5 Å². The molecule has 27 heavy (non-hydrogen) atoms. The van der Waals surface area contributed by atoms with Gasteiger partial charge < -0.3 is 10.1 Å². The second-order valence-electron chi connectivity index (χ2n) is 5.78. The molecule has 3 aromatic rings. The van der Waals surface area contributed by atoms with Crippen LogP contribution in [-0.4, -0.2) is 20.6 Å². The second kappa shape index (κ2) is 7.46. The van der Waals surface area contributed by atoms with Gasteiger partial charge in [-0.25, -0.2) is 0 Å². The summed E-state index contributed by atoms with van der Waals surface area (Å²) in [5.41, 5.74) is 1.04. The minimum atomic E-state index is -0.557. The molecule has 0 unspecified atom stereocenters. The molecule has 8 nitrogen and oxygen atoms in total. The summed E-state index contributed by atoms with van der Waals surface area (Å²) in [5.74, 6) is 0.235. The van der Waals surface area contributed by atoms with E-state index in [-0.39, 0.29) is 17.1 Å². The van der Waals surface area contributed by atoms with Crippen LogP contribution >= 0.6 is 11.6 Å². The Labute approximate surface area is 159 Å². The number of aryl methyl sites for hydroxylation is 2. The summed E-state index contributed by atoms with van der Waals surface area (Å²) >= 11 is 5.84. The number of rotatable bonds is 5. The van der Waals surface area contributed by atoms with Crippen LogP contribution in [0.3, 0.4) is 0 Å². The smallest absolute Gasteiger partial charge is 0.275 e. The first-order chi connectivity index (χ1) is 12.8. The number of anilines is 1. The summed E-state index contributed by atoms with van der Waals surface area (Å²) in [6, 6.07) is 12.2. The van der Waals surface area contributed by atoms with E-state index in [4.69, 9.17) is 16.3 Å². The van der Waals surface area contributed by atoms with Crippen LogP contribution in [0.25, 0.3) is 0 Å². The van der Waals surface area contributed by atoms with Crippen molar-refractivity contribution in [3.8, 4) is 11.5 Å². The maximum absolute atomic E-state index is 12.4. The minimum absolute atomic E-state index is 0.210. The van der Waals surface area contributed by atoms with Crippen molar-refractivity contribution in [2.75, 3.05) is 5.32 Å². The molecule has 0 spiro atoms. The van der Waals surface area contributed by atoms with Crippen molar-refractivity contribution in [3.63, 3.8) is 0 Å². The number of amides is 1. The molecule has 1 aromatic heterocycles. The molecule has 0 radical (unpaired) electrons. The summed E-state index contributed by atoms with van der Waals surface area (Å²) in [5, 5.41) is 18.5. The first kappa shape index (κ1) is 18.4. The van der Waals surface area contributed by atoms with Gasteiger partial charge in [0.2, 0.25) is 0 Å². The lowest BCUT2D eigenvalue weighted by Crippen LogP contribution is -2.16. The second-order valence-corrected chi connectivity index (χ2v) is 6.21. The van der Waals surface area contributed by atoms with E-state index in [0.717, 1.165) is 0 Å². The largest absolute Gasteiger partial charge is 0.457 e. The zero-order chi connectivity index (χ0) is 19.6. The fourth-order valence-corrected chi connectivity index (χ4v) is 2.60. The topological polar surface area (TPSA) is 99.3 Å². The number of hydrogen-bond acceptors (Lipinski definition) is 5. The Hall–Kier alpha value is -3.39. The number of non-ortho nitro benzene ring substituents is 1. The molecule has 0 saturated heterocycles. The lowest BCUT2D eigenvalue weighted by Gasteiger charge is -2.09. The van der Waals surface area contributed by atoms with E-state index < -0.39 is 10.8 Å². The van der Waals surface area contributed by atoms with Gasteiger partial charge in [0.15, 0.2) is 0 Å². The number of hydrogen-bond donors (Lipinski definition) is 1. The predicted molar refractivity (Wildman–Crippen MR) is 101 cm³/mol. The molecule has 2 aromatic carbocycles. The first-order valence-electron chi connectivity index (χ1n) is 7.87. The summed E-state index contributed by atoms with van der Waals surface area (Å²) in [6.07, 6.45) is 0. The Kier molecular flexibility index (Phi) is 5.09. The molecule has 138 valence electrons. The molecule has 3 rings (SSSR count). The number of carbonyl (C=O) groups excluding carboxylic acids is 1. The molecule has 1 N–H and O–H groups in total. The Morgan fingerprint density at radius 1 is 1.19 bits per heavy atom. The summed E-state index contributed by atoms with van der Waals surface area (Å²) in [6.45, 7) is 1.77. The van der Waals surface area contributed by atoms with Crippen molar-refractivity contribution in [2.45, 2.75) is 6.92 Å². The van der Waals surface area contributed by atoms with Crippen molar-refractivity contribution in [3.05, 3.63) is 75.1 Å². The van der Waals surface area contributed by atoms with Crippen molar-refractivity contribution >= 4 is 28.9 Å². The van der Waals surface area contributed by atoms with Crippen LogP contribution in [0.4, 0.5) is 11.4 Å². The highest BCUT2D eigenvalue weighted by Gasteiger charge is 2.16. The third-order valence-electron chi connectivity index (χ3n) is 3.64. The summed E-state index contributed by atoms with van der Waals surface area (Å²) < 4.78 is 7.09. The quantitative estimate of drug-likeness (QED) is 0.519. The molecule has 0 fully saturated rings. The van der Waals surface area contributed by atoms with Crippen LogP contribution in [0.15, 0.2) is 48.5 Å². The van der Waals surface area contributed by atoms with Gasteiger partial charge in [-0.3, -0.25) is 19.6 Å². The highest BCUT2D eigenvalue weighted by molar-refractivity contribution is 6.30. The van der Waals surface area contributed by atoms with Crippen LogP contribution in [0, 0.1) is 17.0 Å². The summed E-state index contributed by atoms with van der Waals surface area (Å²) in [7, 11) is 1.64. The normalized spacial score (nSPS) is 10.5. The lowest BCUT2D eigenvalue weighted by atomic mass is 10.2. The van der Waals surface area contributed by atoms with Crippen molar-refractivity contribution in [1.82, 2.24) is 9.78 Å². The highest BCUT2D eigenvalue weighted by Crippen LogP contribution is 2.30. The zero-order valence-corrected chi connectivity index (χ0v) is 15.2. The molecule has 0 aliphatic heterocycles. The number of nitro benzene ring substituents is 1. The average molecular weight is 387 g/mol. The molecule has 0 aliphatic rings. The van der Waals surface area contributed by atoms with Gasteiger partial charge in [0.1, 0.15) is 17.2 Å². The van der Waals surface area contributed by atoms with E-state index in [1.165, 1.54) is 22.9 Å². The van der Waals surface area contributed by atoms with Gasteiger partial charge >= 0.3 is 0 Å². The number of nitro groups is 1. The number of benzene rings is 2. The van der Waals surface area contributed by atoms with Gasteiger partial charge in [-0.2, -0.15) is 5.10 Å². The predicted octanol–water partition coefficient (Wildman–Crippen LogP) is 4.33. The molecule has 1 heterocycles. The molecule has 0 aliphatic carbocycles. The third kappa shape index (κ3) is 4.42. The number of aromatic nitrogens is 2. The Morgan fingerprint density at radius 3 is 2.48 bits per heavy atom. The molecule has 1 amide bonds. The fourth-order valence-electron chi connectivity index (χ4n) is 2.48. The van der Waals surface area contributed by atoms with Gasteiger partial charge in [-0.1, -0.05) is 11.6 Å². The van der Waals surface area contributed by atoms with Crippen LogP contribution in [0.2, 0.25) is 5.02 Å². The molecular formula is C18H15ClN4O4. The number of halogens is 1. The number of nitrogens with one attached hydrogen (secondary N) is 1.